The Bertz CT molecular complexity index is 921. The molecule has 2 aliphatic rings. The Morgan fingerprint density at radius 2 is 1.50 bits per heavy atom. The molecule has 0 fully saturated rings. The van der Waals surface area contributed by atoms with Crippen molar-refractivity contribution in [2.45, 2.75) is 71.6 Å². The molecule has 3 nitrogen and oxygen atoms in total. The van der Waals surface area contributed by atoms with Gasteiger partial charge in [-0.2, -0.15) is 0 Å². The number of benzene rings is 2. The number of fused-ring (bicyclic) bond motifs is 2. The van der Waals surface area contributed by atoms with E-state index in [-0.39, 0.29) is 11.4 Å². The van der Waals surface area contributed by atoms with Crippen LogP contribution in [-0.2, 0) is 31.1 Å². The van der Waals surface area contributed by atoms with Gasteiger partial charge >= 0.3 is 6.03 Å². The Labute approximate surface area is 172 Å². The molecule has 0 aromatic heterocycles. The third-order valence-electron chi connectivity index (χ3n) is 6.27. The molecule has 4 rings (SSSR count). The summed E-state index contributed by atoms with van der Waals surface area (Å²) in [5, 5.41) is 6.71. The molecule has 4 heteroatoms. The maximum Gasteiger partial charge on any atom is 0.323 e. The molecule has 0 radical (unpaired) electrons. The smallest absolute Gasteiger partial charge is 0.307 e. The standard InChI is InChI=1S/C24H29ClN2O/c1-14-16-7-5-9-18(16)22(19-10-6-8-17(14)19)27-23(28)26-21-12-11-15(13-20(21)25)24(2,3)4/h11-13H,5-10H2,1-4H3,(H2,26,27,28). The van der Waals surface area contributed by atoms with Crippen LogP contribution in [0.4, 0.5) is 16.2 Å². The van der Waals surface area contributed by atoms with Crippen molar-refractivity contribution in [2.75, 3.05) is 10.6 Å². The molecule has 0 saturated carbocycles. The number of carbonyl (C=O) groups excluding carboxylic acids is 1. The quantitative estimate of drug-likeness (QED) is 0.592. The van der Waals surface area contributed by atoms with Crippen LogP contribution < -0.4 is 10.6 Å². The summed E-state index contributed by atoms with van der Waals surface area (Å²) < 4.78 is 0. The van der Waals surface area contributed by atoms with Crippen LogP contribution in [-0.4, -0.2) is 6.03 Å². The molecule has 0 spiro atoms. The van der Waals surface area contributed by atoms with E-state index in [1.54, 1.807) is 0 Å². The SMILES string of the molecule is Cc1c2c(c(NC(=O)Nc3ccc(C(C)(C)C)cc3Cl)c3c1CCC3)CCC2. The molecule has 2 aliphatic carbocycles. The minimum Gasteiger partial charge on any atom is -0.307 e. The maximum absolute atomic E-state index is 12.8. The van der Waals surface area contributed by atoms with Crippen molar-refractivity contribution in [1.82, 2.24) is 0 Å². The molecule has 2 amide bonds. The summed E-state index contributed by atoms with van der Waals surface area (Å²) in [6, 6.07) is 5.66. The van der Waals surface area contributed by atoms with E-state index in [1.807, 2.05) is 18.2 Å². The lowest BCUT2D eigenvalue weighted by atomic mass is 9.87. The predicted octanol–water partition coefficient (Wildman–Crippen LogP) is 6.57. The molecule has 0 atom stereocenters. The van der Waals surface area contributed by atoms with Crippen molar-refractivity contribution < 1.29 is 4.79 Å². The highest BCUT2D eigenvalue weighted by Gasteiger charge is 2.27. The normalized spacial score (nSPS) is 15.3. The van der Waals surface area contributed by atoms with Gasteiger partial charge in [-0.05, 0) is 96.4 Å². The third kappa shape index (κ3) is 3.41. The Morgan fingerprint density at radius 1 is 0.929 bits per heavy atom. The number of anilines is 2. The second-order valence-electron chi connectivity index (χ2n) is 9.15. The van der Waals surface area contributed by atoms with Crippen LogP contribution in [0.1, 0.15) is 67.0 Å². The zero-order valence-corrected chi connectivity index (χ0v) is 18.0. The summed E-state index contributed by atoms with van der Waals surface area (Å²) in [4.78, 5) is 12.8. The molecule has 2 aromatic rings. The number of urea groups is 1. The first kappa shape index (κ1) is 19.3. The van der Waals surface area contributed by atoms with E-state index < -0.39 is 0 Å². The fourth-order valence-corrected chi connectivity index (χ4v) is 4.96. The number of nitrogens with one attached hydrogen (secondary N) is 2. The van der Waals surface area contributed by atoms with Crippen molar-refractivity contribution >= 4 is 29.0 Å². The molecular formula is C24H29ClN2O. The summed E-state index contributed by atoms with van der Waals surface area (Å²) in [6.45, 7) is 8.71. The average Bonchev–Trinajstić information content (AvgIpc) is 3.29. The maximum atomic E-state index is 12.8. The molecule has 2 N–H and O–H groups in total. The van der Waals surface area contributed by atoms with Crippen molar-refractivity contribution in [3.63, 3.8) is 0 Å². The summed E-state index contributed by atoms with van der Waals surface area (Å²) in [5.74, 6) is 0. The van der Waals surface area contributed by atoms with E-state index >= 15 is 0 Å². The van der Waals surface area contributed by atoms with Gasteiger partial charge in [0.1, 0.15) is 0 Å². The molecule has 148 valence electrons. The zero-order chi connectivity index (χ0) is 20.1. The third-order valence-corrected chi connectivity index (χ3v) is 6.58. The van der Waals surface area contributed by atoms with Crippen molar-refractivity contribution in [3.8, 4) is 0 Å². The lowest BCUT2D eigenvalue weighted by Crippen LogP contribution is -2.22. The van der Waals surface area contributed by atoms with Crippen LogP contribution in [0.25, 0.3) is 0 Å². The Hall–Kier alpha value is -2.00. The highest BCUT2D eigenvalue weighted by molar-refractivity contribution is 6.33. The molecular weight excluding hydrogens is 368 g/mol. The lowest BCUT2D eigenvalue weighted by Gasteiger charge is -2.21. The predicted molar refractivity (Wildman–Crippen MR) is 118 cm³/mol. The van der Waals surface area contributed by atoms with E-state index in [1.165, 1.54) is 40.7 Å². The topological polar surface area (TPSA) is 41.1 Å². The minimum atomic E-state index is -0.211. The largest absolute Gasteiger partial charge is 0.323 e. The van der Waals surface area contributed by atoms with E-state index in [4.69, 9.17) is 11.6 Å². The van der Waals surface area contributed by atoms with Gasteiger partial charge in [-0.3, -0.25) is 0 Å². The Morgan fingerprint density at radius 3 is 2.04 bits per heavy atom. The monoisotopic (exact) mass is 396 g/mol. The number of rotatable bonds is 2. The Balaban J connectivity index is 1.59. The van der Waals surface area contributed by atoms with Gasteiger partial charge in [-0.15, -0.1) is 0 Å². The van der Waals surface area contributed by atoms with E-state index in [0.29, 0.717) is 10.7 Å². The number of carbonyl (C=O) groups is 1. The second-order valence-corrected chi connectivity index (χ2v) is 9.55. The molecule has 0 aliphatic heterocycles. The molecule has 28 heavy (non-hydrogen) atoms. The number of hydrogen-bond acceptors (Lipinski definition) is 1. The fraction of sp³-hybridized carbons (Fsp3) is 0.458. The van der Waals surface area contributed by atoms with E-state index in [2.05, 4.69) is 38.3 Å². The Kier molecular flexibility index (Phi) is 4.91. The first-order valence-electron chi connectivity index (χ1n) is 10.3. The van der Waals surface area contributed by atoms with Crippen LogP contribution in [0, 0.1) is 6.92 Å². The van der Waals surface area contributed by atoms with Gasteiger partial charge in [0, 0.05) is 5.69 Å². The van der Waals surface area contributed by atoms with Gasteiger partial charge in [-0.25, -0.2) is 4.79 Å². The molecule has 0 saturated heterocycles. The summed E-state index contributed by atoms with van der Waals surface area (Å²) in [7, 11) is 0. The van der Waals surface area contributed by atoms with Crippen LogP contribution in [0.5, 0.6) is 0 Å². The van der Waals surface area contributed by atoms with Crippen LogP contribution in [0.3, 0.4) is 0 Å². The number of amides is 2. The first-order chi connectivity index (χ1) is 13.3. The van der Waals surface area contributed by atoms with E-state index in [0.717, 1.165) is 36.9 Å². The van der Waals surface area contributed by atoms with Crippen LogP contribution in [0.15, 0.2) is 18.2 Å². The highest BCUT2D eigenvalue weighted by Crippen LogP contribution is 2.41. The van der Waals surface area contributed by atoms with Gasteiger partial charge in [-0.1, -0.05) is 38.4 Å². The van der Waals surface area contributed by atoms with Crippen molar-refractivity contribution in [1.29, 1.82) is 0 Å². The van der Waals surface area contributed by atoms with Crippen molar-refractivity contribution in [2.24, 2.45) is 0 Å². The molecule has 0 heterocycles. The number of halogens is 1. The second kappa shape index (κ2) is 7.11. The molecule has 0 bridgehead atoms. The molecule has 2 aromatic carbocycles. The summed E-state index contributed by atoms with van der Waals surface area (Å²) >= 11 is 6.45. The van der Waals surface area contributed by atoms with Crippen LogP contribution >= 0.6 is 11.6 Å². The number of hydrogen-bond donors (Lipinski definition) is 2. The van der Waals surface area contributed by atoms with Gasteiger partial charge in [0.2, 0.25) is 0 Å². The minimum absolute atomic E-state index is 0.0213. The summed E-state index contributed by atoms with van der Waals surface area (Å²) in [5.41, 5.74) is 9.97. The van der Waals surface area contributed by atoms with Gasteiger partial charge in [0.15, 0.2) is 0 Å². The first-order valence-corrected chi connectivity index (χ1v) is 10.7. The van der Waals surface area contributed by atoms with Gasteiger partial charge < -0.3 is 10.6 Å². The van der Waals surface area contributed by atoms with Crippen LogP contribution in [0.2, 0.25) is 5.02 Å². The van der Waals surface area contributed by atoms with Gasteiger partial charge in [0.05, 0.1) is 10.7 Å². The molecule has 0 unspecified atom stereocenters. The lowest BCUT2D eigenvalue weighted by molar-refractivity contribution is 0.262. The fourth-order valence-electron chi connectivity index (χ4n) is 4.73. The highest BCUT2D eigenvalue weighted by atomic mass is 35.5. The zero-order valence-electron chi connectivity index (χ0n) is 17.3. The van der Waals surface area contributed by atoms with Crippen molar-refractivity contribution in [3.05, 3.63) is 56.6 Å². The summed E-state index contributed by atoms with van der Waals surface area (Å²) in [6.07, 6.45) is 6.72. The average molecular weight is 397 g/mol. The van der Waals surface area contributed by atoms with E-state index in [9.17, 15) is 4.79 Å². The van der Waals surface area contributed by atoms with Gasteiger partial charge in [0.25, 0.3) is 0 Å².